The summed E-state index contributed by atoms with van der Waals surface area (Å²) in [6.07, 6.45) is 3.28. The van der Waals surface area contributed by atoms with Crippen LogP contribution in [0.25, 0.3) is 33.4 Å². The fourth-order valence-corrected chi connectivity index (χ4v) is 5.20. The first-order valence-corrected chi connectivity index (χ1v) is 12.6. The van der Waals surface area contributed by atoms with Crippen LogP contribution in [0.1, 0.15) is 44.8 Å². The van der Waals surface area contributed by atoms with Gasteiger partial charge in [0, 0.05) is 29.8 Å². The minimum atomic E-state index is -0.647. The molecule has 0 aliphatic heterocycles. The minimum Gasteiger partial charge on any atom is -0.455 e. The van der Waals surface area contributed by atoms with Crippen molar-refractivity contribution < 1.29 is 18.4 Å². The normalized spacial score (nSPS) is 13.8. The Hall–Kier alpha value is -4.85. The molecule has 2 N–H and O–H groups in total. The summed E-state index contributed by atoms with van der Waals surface area (Å²) in [5.74, 6) is -0.861. The van der Waals surface area contributed by atoms with E-state index in [1.54, 1.807) is 36.3 Å². The Bertz CT molecular complexity index is 1740. The summed E-state index contributed by atoms with van der Waals surface area (Å²) in [7, 11) is 1.80. The highest BCUT2D eigenvalue weighted by molar-refractivity contribution is 6.11. The standard InChI is InChI=1S/C31H25FN4O3/c1-18-5-6-21(30(38)36(2)31(13-14-31)26-4-3-15-34-35-26)17-23(18)20-9-12-25-24(16-20)27(29(33)37)28(39-25)19-7-10-22(32)11-8-19/h3-12,15-17H,13-14H2,1-2H3,(H2,33,37). The van der Waals surface area contributed by atoms with Gasteiger partial charge in [-0.05, 0) is 97.1 Å². The number of fused-ring (bicyclic) bond motifs is 1. The maximum atomic E-state index is 13.6. The lowest BCUT2D eigenvalue weighted by Gasteiger charge is -2.27. The van der Waals surface area contributed by atoms with Gasteiger partial charge in [0.2, 0.25) is 0 Å². The number of halogens is 1. The maximum Gasteiger partial charge on any atom is 0.254 e. The van der Waals surface area contributed by atoms with E-state index in [1.807, 2.05) is 49.4 Å². The molecule has 1 aliphatic carbocycles. The molecule has 1 aliphatic rings. The number of benzene rings is 3. The molecule has 0 unspecified atom stereocenters. The number of hydrogen-bond donors (Lipinski definition) is 1. The second kappa shape index (κ2) is 9.16. The molecule has 0 atom stereocenters. The van der Waals surface area contributed by atoms with Crippen molar-refractivity contribution in [2.75, 3.05) is 7.05 Å². The predicted molar refractivity (Wildman–Crippen MR) is 145 cm³/mol. The van der Waals surface area contributed by atoms with Crippen molar-refractivity contribution >= 4 is 22.8 Å². The van der Waals surface area contributed by atoms with Gasteiger partial charge < -0.3 is 15.1 Å². The van der Waals surface area contributed by atoms with Crippen molar-refractivity contribution in [3.63, 3.8) is 0 Å². The number of aryl methyl sites for hydroxylation is 1. The number of nitrogens with zero attached hydrogens (tertiary/aromatic N) is 3. The van der Waals surface area contributed by atoms with Crippen LogP contribution in [0.5, 0.6) is 0 Å². The van der Waals surface area contributed by atoms with Crippen LogP contribution in [0.4, 0.5) is 4.39 Å². The summed E-state index contributed by atoms with van der Waals surface area (Å²) in [6.45, 7) is 1.97. The number of primary amides is 1. The van der Waals surface area contributed by atoms with Gasteiger partial charge in [-0.1, -0.05) is 12.1 Å². The Morgan fingerprint density at radius 3 is 2.41 bits per heavy atom. The zero-order valence-electron chi connectivity index (χ0n) is 21.4. The van der Waals surface area contributed by atoms with Gasteiger partial charge in [-0.25, -0.2) is 4.39 Å². The van der Waals surface area contributed by atoms with Crippen LogP contribution in [0, 0.1) is 12.7 Å². The van der Waals surface area contributed by atoms with Crippen molar-refractivity contribution in [1.29, 1.82) is 0 Å². The maximum absolute atomic E-state index is 13.6. The molecule has 0 radical (unpaired) electrons. The average molecular weight is 521 g/mol. The van der Waals surface area contributed by atoms with E-state index in [1.165, 1.54) is 12.1 Å². The average Bonchev–Trinajstić information content (AvgIpc) is 3.67. The Labute approximate surface area is 224 Å². The van der Waals surface area contributed by atoms with Crippen LogP contribution in [0.15, 0.2) is 83.4 Å². The van der Waals surface area contributed by atoms with Gasteiger partial charge >= 0.3 is 0 Å². The van der Waals surface area contributed by atoms with Gasteiger partial charge in [-0.3, -0.25) is 9.59 Å². The first kappa shape index (κ1) is 24.5. The first-order valence-electron chi connectivity index (χ1n) is 12.6. The number of aromatic nitrogens is 2. The van der Waals surface area contributed by atoms with E-state index < -0.39 is 17.3 Å². The number of rotatable bonds is 6. The smallest absolute Gasteiger partial charge is 0.254 e. The number of carbonyl (C=O) groups is 2. The summed E-state index contributed by atoms with van der Waals surface area (Å²) in [4.78, 5) is 27.9. The lowest BCUT2D eigenvalue weighted by Crippen LogP contribution is -2.37. The molecule has 1 saturated carbocycles. The zero-order valence-corrected chi connectivity index (χ0v) is 21.4. The van der Waals surface area contributed by atoms with Gasteiger partial charge in [0.1, 0.15) is 17.2 Å². The van der Waals surface area contributed by atoms with Gasteiger partial charge in [0.25, 0.3) is 11.8 Å². The third-order valence-corrected chi connectivity index (χ3v) is 7.56. The van der Waals surface area contributed by atoms with E-state index in [0.717, 1.165) is 35.2 Å². The second-order valence-corrected chi connectivity index (χ2v) is 9.92. The molecule has 3 aromatic carbocycles. The Balaban J connectivity index is 1.40. The summed E-state index contributed by atoms with van der Waals surface area (Å²) < 4.78 is 19.5. The lowest BCUT2D eigenvalue weighted by atomic mass is 9.95. The highest BCUT2D eigenvalue weighted by Crippen LogP contribution is 2.50. The van der Waals surface area contributed by atoms with Crippen LogP contribution in [-0.4, -0.2) is 34.0 Å². The molecule has 0 spiro atoms. The predicted octanol–water partition coefficient (Wildman–Crippen LogP) is 5.86. The van der Waals surface area contributed by atoms with Crippen LogP contribution >= 0.6 is 0 Å². The van der Waals surface area contributed by atoms with Gasteiger partial charge in [-0.2, -0.15) is 10.2 Å². The Morgan fingerprint density at radius 1 is 1.00 bits per heavy atom. The van der Waals surface area contributed by atoms with Crippen LogP contribution in [0.3, 0.4) is 0 Å². The molecular formula is C31H25FN4O3. The van der Waals surface area contributed by atoms with Crippen molar-refractivity contribution in [1.82, 2.24) is 15.1 Å². The molecular weight excluding hydrogens is 495 g/mol. The molecule has 1 fully saturated rings. The summed E-state index contributed by atoms with van der Waals surface area (Å²) in [5.41, 5.74) is 10.5. The molecule has 0 bridgehead atoms. The van der Waals surface area contributed by atoms with Gasteiger partial charge in [0.15, 0.2) is 0 Å². The van der Waals surface area contributed by atoms with Crippen molar-refractivity contribution in [2.45, 2.75) is 25.3 Å². The van der Waals surface area contributed by atoms with Crippen molar-refractivity contribution in [3.8, 4) is 22.5 Å². The van der Waals surface area contributed by atoms with Crippen LogP contribution < -0.4 is 5.73 Å². The Kier molecular flexibility index (Phi) is 5.75. The fourth-order valence-electron chi connectivity index (χ4n) is 5.20. The van der Waals surface area contributed by atoms with E-state index in [9.17, 15) is 14.0 Å². The second-order valence-electron chi connectivity index (χ2n) is 9.92. The topological polar surface area (TPSA) is 102 Å². The van der Waals surface area contributed by atoms with Crippen LogP contribution in [-0.2, 0) is 5.54 Å². The molecule has 2 heterocycles. The number of hydrogen-bond acceptors (Lipinski definition) is 5. The molecule has 5 aromatic rings. The molecule has 6 rings (SSSR count). The SMILES string of the molecule is Cc1ccc(C(=O)N(C)C2(c3cccnn3)CC2)cc1-c1ccc2oc(-c3ccc(F)cc3)c(C(N)=O)c2c1. The van der Waals surface area contributed by atoms with E-state index >= 15 is 0 Å². The molecule has 2 aromatic heterocycles. The van der Waals surface area contributed by atoms with Gasteiger partial charge in [-0.15, -0.1) is 0 Å². The highest BCUT2D eigenvalue weighted by Gasteiger charge is 2.51. The minimum absolute atomic E-state index is 0.111. The zero-order chi connectivity index (χ0) is 27.3. The van der Waals surface area contributed by atoms with E-state index in [2.05, 4.69) is 10.2 Å². The van der Waals surface area contributed by atoms with Crippen molar-refractivity contribution in [3.05, 3.63) is 107 Å². The third kappa shape index (κ3) is 4.14. The summed E-state index contributed by atoms with van der Waals surface area (Å²) >= 11 is 0. The quantitative estimate of drug-likeness (QED) is 0.302. The van der Waals surface area contributed by atoms with E-state index in [-0.39, 0.29) is 17.2 Å². The number of amides is 2. The lowest BCUT2D eigenvalue weighted by molar-refractivity contribution is 0.0700. The Morgan fingerprint density at radius 2 is 1.74 bits per heavy atom. The number of nitrogens with two attached hydrogens (primary N) is 1. The van der Waals surface area contributed by atoms with Gasteiger partial charge in [0.05, 0.1) is 16.8 Å². The summed E-state index contributed by atoms with van der Waals surface area (Å²) in [5, 5.41) is 8.80. The van der Waals surface area contributed by atoms with Crippen LogP contribution in [0.2, 0.25) is 0 Å². The number of carbonyl (C=O) groups excluding carboxylic acids is 2. The molecule has 39 heavy (non-hydrogen) atoms. The first-order chi connectivity index (χ1) is 18.8. The van der Waals surface area contributed by atoms with Crippen molar-refractivity contribution in [2.24, 2.45) is 5.73 Å². The summed E-state index contributed by atoms with van der Waals surface area (Å²) in [6, 6.07) is 20.5. The molecule has 2 amide bonds. The monoisotopic (exact) mass is 520 g/mol. The fraction of sp³-hybridized carbons (Fsp3) is 0.161. The molecule has 7 nitrogen and oxygen atoms in total. The highest BCUT2D eigenvalue weighted by atomic mass is 19.1. The van der Waals surface area contributed by atoms with E-state index in [4.69, 9.17) is 10.2 Å². The largest absolute Gasteiger partial charge is 0.455 e. The molecule has 194 valence electrons. The molecule has 0 saturated heterocycles. The molecule has 8 heteroatoms. The number of furan rings is 1. The third-order valence-electron chi connectivity index (χ3n) is 7.56. The van der Waals surface area contributed by atoms with E-state index in [0.29, 0.717) is 22.1 Å².